The van der Waals surface area contributed by atoms with E-state index < -0.39 is 0 Å². The molecule has 80 valence electrons. The summed E-state index contributed by atoms with van der Waals surface area (Å²) in [6.07, 6.45) is 6.58. The van der Waals surface area contributed by atoms with Gasteiger partial charge in [-0.3, -0.25) is 0 Å². The maximum Gasteiger partial charge on any atom is 0.133 e. The van der Waals surface area contributed by atoms with Crippen LogP contribution < -0.4 is 4.90 Å². The number of hydrogen-bond donors (Lipinski definition) is 2. The van der Waals surface area contributed by atoms with Crippen molar-refractivity contribution in [2.24, 2.45) is 0 Å². The van der Waals surface area contributed by atoms with Gasteiger partial charge >= 0.3 is 0 Å². The monoisotopic (exact) mass is 207 g/mol. The maximum atomic E-state index is 8.84. The van der Waals surface area contributed by atoms with Gasteiger partial charge in [0.05, 0.1) is 13.2 Å². The average molecular weight is 207 g/mol. The van der Waals surface area contributed by atoms with Gasteiger partial charge in [0.25, 0.3) is 0 Å². The molecule has 0 amide bonds. The van der Waals surface area contributed by atoms with E-state index in [1.54, 1.807) is 11.0 Å². The first-order valence-corrected chi connectivity index (χ1v) is 4.57. The maximum absolute atomic E-state index is 8.84. The fourth-order valence-electron chi connectivity index (χ4n) is 1.18. The Labute approximate surface area is 88.4 Å². The highest BCUT2D eigenvalue weighted by Crippen LogP contribution is 2.09. The first kappa shape index (κ1) is 11.4. The second kappa shape index (κ2) is 5.96. The average Bonchev–Trinajstić information content (AvgIpc) is 2.29. The quantitative estimate of drug-likeness (QED) is 0.622. The molecule has 0 spiro atoms. The summed E-state index contributed by atoms with van der Waals surface area (Å²) in [4.78, 5) is 9.62. The molecule has 1 rings (SSSR count). The molecule has 2 N–H and O–H groups in total. The summed E-state index contributed by atoms with van der Waals surface area (Å²) in [6, 6.07) is 1.64. The Morgan fingerprint density at radius 3 is 2.47 bits per heavy atom. The Kier molecular flexibility index (Phi) is 4.54. The fourth-order valence-corrected chi connectivity index (χ4v) is 1.18. The van der Waals surface area contributed by atoms with Crippen LogP contribution in [0.3, 0.4) is 0 Å². The molecule has 1 aromatic rings. The van der Waals surface area contributed by atoms with E-state index in [0.717, 1.165) is 0 Å². The van der Waals surface area contributed by atoms with Gasteiger partial charge < -0.3 is 15.1 Å². The van der Waals surface area contributed by atoms with E-state index in [1.165, 1.54) is 6.33 Å². The number of hydrogen-bond acceptors (Lipinski definition) is 5. The number of terminal acetylenes is 1. The minimum atomic E-state index is -0.00457. The van der Waals surface area contributed by atoms with Gasteiger partial charge in [0.2, 0.25) is 0 Å². The molecule has 0 bridgehead atoms. The molecule has 0 unspecified atom stereocenters. The lowest BCUT2D eigenvalue weighted by molar-refractivity contribution is 0.280. The zero-order chi connectivity index (χ0) is 11.1. The Hall–Kier alpha value is -1.64. The third-order valence-electron chi connectivity index (χ3n) is 1.86. The highest BCUT2D eigenvalue weighted by molar-refractivity contribution is 5.42. The van der Waals surface area contributed by atoms with Gasteiger partial charge in [-0.15, -0.1) is 6.42 Å². The molecule has 0 saturated carbocycles. The minimum absolute atomic E-state index is 0.00457. The van der Waals surface area contributed by atoms with E-state index in [0.29, 0.717) is 24.6 Å². The predicted octanol–water partition coefficient (Wildman–Crippen LogP) is -0.751. The second-order valence-electron chi connectivity index (χ2n) is 2.84. The lowest BCUT2D eigenvalue weighted by Crippen LogP contribution is -2.30. The molecule has 0 atom stereocenters. The third kappa shape index (κ3) is 3.20. The van der Waals surface area contributed by atoms with Crippen LogP contribution in [0.1, 0.15) is 5.69 Å². The van der Waals surface area contributed by atoms with Crippen LogP contribution in [0.25, 0.3) is 0 Å². The molecule has 0 aliphatic rings. The lowest BCUT2D eigenvalue weighted by Gasteiger charge is -2.21. The SMILES string of the molecule is C#Cc1cc(N(CCO)CCO)ncn1. The summed E-state index contributed by atoms with van der Waals surface area (Å²) >= 11 is 0. The normalized spacial score (nSPS) is 9.67. The smallest absolute Gasteiger partial charge is 0.133 e. The van der Waals surface area contributed by atoms with Crippen molar-refractivity contribution in [1.82, 2.24) is 9.97 Å². The molecule has 1 aromatic heterocycles. The van der Waals surface area contributed by atoms with Crippen LogP contribution in [0.15, 0.2) is 12.4 Å². The van der Waals surface area contributed by atoms with Crippen LogP contribution in [0.4, 0.5) is 5.82 Å². The number of anilines is 1. The number of rotatable bonds is 5. The van der Waals surface area contributed by atoms with Crippen LogP contribution in [-0.4, -0.2) is 46.5 Å². The van der Waals surface area contributed by atoms with Crippen molar-refractivity contribution >= 4 is 5.82 Å². The molecule has 0 aromatic carbocycles. The van der Waals surface area contributed by atoms with Crippen molar-refractivity contribution < 1.29 is 10.2 Å². The first-order chi connectivity index (χ1) is 7.31. The van der Waals surface area contributed by atoms with Crippen molar-refractivity contribution in [1.29, 1.82) is 0 Å². The Morgan fingerprint density at radius 1 is 1.27 bits per heavy atom. The van der Waals surface area contributed by atoms with E-state index in [2.05, 4.69) is 15.9 Å². The molecule has 5 nitrogen and oxygen atoms in total. The van der Waals surface area contributed by atoms with E-state index in [9.17, 15) is 0 Å². The Balaban J connectivity index is 2.85. The molecule has 0 saturated heterocycles. The van der Waals surface area contributed by atoms with E-state index >= 15 is 0 Å². The highest BCUT2D eigenvalue weighted by atomic mass is 16.3. The zero-order valence-electron chi connectivity index (χ0n) is 8.30. The molecule has 5 heteroatoms. The van der Waals surface area contributed by atoms with Crippen LogP contribution in [0, 0.1) is 12.3 Å². The molecular formula is C10H13N3O2. The summed E-state index contributed by atoms with van der Waals surface area (Å²) in [5.74, 6) is 3.02. The highest BCUT2D eigenvalue weighted by Gasteiger charge is 2.06. The van der Waals surface area contributed by atoms with Gasteiger partial charge in [-0.2, -0.15) is 0 Å². The van der Waals surface area contributed by atoms with Gasteiger partial charge in [0.1, 0.15) is 17.8 Å². The fraction of sp³-hybridized carbons (Fsp3) is 0.400. The number of aromatic nitrogens is 2. The van der Waals surface area contributed by atoms with E-state index in [-0.39, 0.29) is 13.2 Å². The summed E-state index contributed by atoms with van der Waals surface area (Å²) in [7, 11) is 0. The predicted molar refractivity (Wildman–Crippen MR) is 56.4 cm³/mol. The summed E-state index contributed by atoms with van der Waals surface area (Å²) in [6.45, 7) is 0.800. The Bertz CT molecular complexity index is 343. The number of aliphatic hydroxyl groups is 2. The third-order valence-corrected chi connectivity index (χ3v) is 1.86. The van der Waals surface area contributed by atoms with Crippen molar-refractivity contribution in [2.45, 2.75) is 0 Å². The molecule has 15 heavy (non-hydrogen) atoms. The molecule has 0 aliphatic carbocycles. The van der Waals surface area contributed by atoms with Gasteiger partial charge in [0.15, 0.2) is 0 Å². The van der Waals surface area contributed by atoms with Crippen molar-refractivity contribution in [3.8, 4) is 12.3 Å². The largest absolute Gasteiger partial charge is 0.395 e. The topological polar surface area (TPSA) is 69.5 Å². The molecule has 0 fully saturated rings. The van der Waals surface area contributed by atoms with Crippen LogP contribution in [0.2, 0.25) is 0 Å². The summed E-state index contributed by atoms with van der Waals surface area (Å²) in [5.41, 5.74) is 0.487. The zero-order valence-corrected chi connectivity index (χ0v) is 8.30. The lowest BCUT2D eigenvalue weighted by atomic mass is 10.3. The van der Waals surface area contributed by atoms with Gasteiger partial charge in [-0.05, 0) is 0 Å². The van der Waals surface area contributed by atoms with Crippen LogP contribution in [-0.2, 0) is 0 Å². The molecule has 0 aliphatic heterocycles. The van der Waals surface area contributed by atoms with Crippen LogP contribution in [0.5, 0.6) is 0 Å². The number of nitrogens with zero attached hydrogens (tertiary/aromatic N) is 3. The molecule has 1 heterocycles. The van der Waals surface area contributed by atoms with Crippen molar-refractivity contribution in [3.05, 3.63) is 18.1 Å². The number of aliphatic hydroxyl groups excluding tert-OH is 2. The van der Waals surface area contributed by atoms with Crippen molar-refractivity contribution in [2.75, 3.05) is 31.2 Å². The summed E-state index contributed by atoms with van der Waals surface area (Å²) < 4.78 is 0. The first-order valence-electron chi connectivity index (χ1n) is 4.57. The van der Waals surface area contributed by atoms with Gasteiger partial charge in [-0.25, -0.2) is 9.97 Å². The van der Waals surface area contributed by atoms with Crippen LogP contribution >= 0.6 is 0 Å². The minimum Gasteiger partial charge on any atom is -0.395 e. The Morgan fingerprint density at radius 2 is 1.93 bits per heavy atom. The van der Waals surface area contributed by atoms with Gasteiger partial charge in [0, 0.05) is 19.2 Å². The van der Waals surface area contributed by atoms with Crippen molar-refractivity contribution in [3.63, 3.8) is 0 Å². The van der Waals surface area contributed by atoms with E-state index in [4.69, 9.17) is 16.6 Å². The molecule has 0 radical (unpaired) electrons. The molecular weight excluding hydrogens is 194 g/mol. The second-order valence-corrected chi connectivity index (χ2v) is 2.84. The van der Waals surface area contributed by atoms with Gasteiger partial charge in [-0.1, -0.05) is 5.92 Å². The standard InChI is InChI=1S/C10H13N3O2/c1-2-9-7-10(12-8-11-9)13(3-5-14)4-6-15/h1,7-8,14-15H,3-6H2. The summed E-state index contributed by atoms with van der Waals surface area (Å²) in [5, 5.41) is 17.7. The van der Waals surface area contributed by atoms with E-state index in [1.807, 2.05) is 0 Å².